The molecule has 1 aromatic carbocycles. The lowest BCUT2D eigenvalue weighted by Crippen LogP contribution is -2.35. The van der Waals surface area contributed by atoms with Crippen molar-refractivity contribution < 1.29 is 14.0 Å². The first-order chi connectivity index (χ1) is 11.5. The number of rotatable bonds is 4. The molecule has 1 N–H and O–H groups in total. The number of anilines is 1. The predicted octanol–water partition coefficient (Wildman–Crippen LogP) is 3.50. The molecule has 6 heteroatoms. The lowest BCUT2D eigenvalue weighted by Gasteiger charge is -2.27. The van der Waals surface area contributed by atoms with Crippen LogP contribution in [-0.2, 0) is 22.6 Å². The third-order valence-corrected chi connectivity index (χ3v) is 5.21. The van der Waals surface area contributed by atoms with Gasteiger partial charge in [0.1, 0.15) is 5.82 Å². The van der Waals surface area contributed by atoms with Crippen LogP contribution in [0.3, 0.4) is 0 Å². The van der Waals surface area contributed by atoms with Crippen molar-refractivity contribution in [1.82, 2.24) is 4.90 Å². The number of hydrogen-bond donors (Lipinski definition) is 1. The fraction of sp³-hybridized carbons (Fsp3) is 0.333. The SMILES string of the molecule is Cc1cc(F)ccc1NC(=O)CCC(=O)N1CCc2sccc2C1. The average molecular weight is 346 g/mol. The van der Waals surface area contributed by atoms with Crippen molar-refractivity contribution in [2.75, 3.05) is 11.9 Å². The van der Waals surface area contributed by atoms with Gasteiger partial charge < -0.3 is 10.2 Å². The third kappa shape index (κ3) is 3.82. The van der Waals surface area contributed by atoms with Crippen LogP contribution in [-0.4, -0.2) is 23.3 Å². The monoisotopic (exact) mass is 346 g/mol. The molecule has 2 aromatic rings. The van der Waals surface area contributed by atoms with Crippen LogP contribution in [0, 0.1) is 12.7 Å². The van der Waals surface area contributed by atoms with Crippen LogP contribution < -0.4 is 5.32 Å². The standard InChI is InChI=1S/C18H19FN2O2S/c1-12-10-14(19)2-3-15(12)20-17(22)4-5-18(23)21-8-6-16-13(11-21)7-9-24-16/h2-3,7,9-10H,4-6,8,11H2,1H3,(H,20,22). The molecule has 3 rings (SSSR count). The van der Waals surface area contributed by atoms with Gasteiger partial charge in [-0.15, -0.1) is 11.3 Å². The van der Waals surface area contributed by atoms with Gasteiger partial charge in [-0.2, -0.15) is 0 Å². The second-order valence-electron chi connectivity index (χ2n) is 5.94. The minimum absolute atomic E-state index is 0.00201. The van der Waals surface area contributed by atoms with Crippen LogP contribution in [0.4, 0.5) is 10.1 Å². The van der Waals surface area contributed by atoms with Crippen LogP contribution >= 0.6 is 11.3 Å². The molecule has 1 aliphatic heterocycles. The Morgan fingerprint density at radius 3 is 2.92 bits per heavy atom. The Hall–Kier alpha value is -2.21. The van der Waals surface area contributed by atoms with Gasteiger partial charge in [-0.1, -0.05) is 0 Å². The molecule has 0 bridgehead atoms. The number of benzene rings is 1. The summed E-state index contributed by atoms with van der Waals surface area (Å²) in [5.74, 6) is -0.567. The second kappa shape index (κ2) is 7.13. The maximum atomic E-state index is 13.1. The summed E-state index contributed by atoms with van der Waals surface area (Å²) in [4.78, 5) is 27.5. The number of hydrogen-bond acceptors (Lipinski definition) is 3. The van der Waals surface area contributed by atoms with Gasteiger partial charge in [0.05, 0.1) is 0 Å². The third-order valence-electron chi connectivity index (χ3n) is 4.19. The lowest BCUT2D eigenvalue weighted by molar-refractivity contribution is -0.133. The van der Waals surface area contributed by atoms with E-state index in [1.807, 2.05) is 4.90 Å². The fourth-order valence-corrected chi connectivity index (χ4v) is 3.71. The molecular weight excluding hydrogens is 327 g/mol. The normalized spacial score (nSPS) is 13.5. The van der Waals surface area contributed by atoms with Crippen LogP contribution in [0.5, 0.6) is 0 Å². The van der Waals surface area contributed by atoms with Gasteiger partial charge in [0.25, 0.3) is 0 Å². The summed E-state index contributed by atoms with van der Waals surface area (Å²) in [7, 11) is 0. The highest BCUT2D eigenvalue weighted by molar-refractivity contribution is 7.10. The van der Waals surface area contributed by atoms with Crippen molar-refractivity contribution in [2.45, 2.75) is 32.7 Å². The molecule has 24 heavy (non-hydrogen) atoms. The van der Waals surface area contributed by atoms with Crippen molar-refractivity contribution >= 4 is 28.8 Å². The van der Waals surface area contributed by atoms with E-state index in [1.54, 1.807) is 18.3 Å². The summed E-state index contributed by atoms with van der Waals surface area (Å²) in [6.07, 6.45) is 1.20. The minimum Gasteiger partial charge on any atom is -0.338 e. The van der Waals surface area contributed by atoms with Crippen LogP contribution in [0.1, 0.15) is 28.8 Å². The van der Waals surface area contributed by atoms with Crippen molar-refractivity contribution in [1.29, 1.82) is 0 Å². The number of nitrogens with zero attached hydrogens (tertiary/aromatic N) is 1. The summed E-state index contributed by atoms with van der Waals surface area (Å²) in [5.41, 5.74) is 2.46. The van der Waals surface area contributed by atoms with Crippen LogP contribution in [0.25, 0.3) is 0 Å². The molecule has 0 aliphatic carbocycles. The molecule has 0 unspecified atom stereocenters. The van der Waals surface area contributed by atoms with Crippen molar-refractivity contribution in [3.8, 4) is 0 Å². The Labute approximate surface area is 144 Å². The number of carbonyl (C=O) groups is 2. The summed E-state index contributed by atoms with van der Waals surface area (Å²) in [6.45, 7) is 3.08. The molecule has 1 aliphatic rings. The smallest absolute Gasteiger partial charge is 0.224 e. The molecule has 1 aromatic heterocycles. The molecular formula is C18H19FN2O2S. The summed E-state index contributed by atoms with van der Waals surface area (Å²) < 4.78 is 13.1. The topological polar surface area (TPSA) is 49.4 Å². The van der Waals surface area contributed by atoms with Gasteiger partial charge in [0, 0.05) is 36.5 Å². The molecule has 126 valence electrons. The Balaban J connectivity index is 1.50. The molecule has 2 heterocycles. The molecule has 0 atom stereocenters. The predicted molar refractivity (Wildman–Crippen MR) is 92.4 cm³/mol. The van der Waals surface area contributed by atoms with Gasteiger partial charge in [-0.05, 0) is 54.1 Å². The number of fused-ring (bicyclic) bond motifs is 1. The largest absolute Gasteiger partial charge is 0.338 e. The Morgan fingerprint density at radius 2 is 2.12 bits per heavy atom. The average Bonchev–Trinajstić information content (AvgIpc) is 3.03. The van der Waals surface area contributed by atoms with Gasteiger partial charge in [0.15, 0.2) is 0 Å². The van der Waals surface area contributed by atoms with Gasteiger partial charge in [-0.25, -0.2) is 4.39 Å². The van der Waals surface area contributed by atoms with Crippen molar-refractivity contribution in [3.63, 3.8) is 0 Å². The molecule has 0 saturated heterocycles. The Bertz CT molecular complexity index is 772. The first-order valence-electron chi connectivity index (χ1n) is 7.92. The molecule has 0 fully saturated rings. The van der Waals surface area contributed by atoms with Crippen molar-refractivity contribution in [3.05, 3.63) is 51.5 Å². The van der Waals surface area contributed by atoms with Crippen LogP contribution in [0.2, 0.25) is 0 Å². The van der Waals surface area contributed by atoms with Gasteiger partial charge >= 0.3 is 0 Å². The van der Waals surface area contributed by atoms with Crippen LogP contribution in [0.15, 0.2) is 29.6 Å². The minimum atomic E-state index is -0.335. The highest BCUT2D eigenvalue weighted by Gasteiger charge is 2.21. The zero-order chi connectivity index (χ0) is 17.1. The van der Waals surface area contributed by atoms with E-state index in [0.29, 0.717) is 24.3 Å². The molecule has 2 amide bonds. The van der Waals surface area contributed by atoms with Gasteiger partial charge in [0.2, 0.25) is 11.8 Å². The maximum Gasteiger partial charge on any atom is 0.224 e. The van der Waals surface area contributed by atoms with E-state index in [-0.39, 0.29) is 30.5 Å². The first kappa shape index (κ1) is 16.6. The second-order valence-corrected chi connectivity index (χ2v) is 6.94. The maximum absolute atomic E-state index is 13.1. The fourth-order valence-electron chi connectivity index (χ4n) is 2.82. The molecule has 0 saturated carbocycles. The number of thiophene rings is 1. The van der Waals surface area contributed by atoms with E-state index in [4.69, 9.17) is 0 Å². The number of halogens is 1. The quantitative estimate of drug-likeness (QED) is 0.921. The number of amides is 2. The number of carbonyl (C=O) groups excluding carboxylic acids is 2. The van der Waals surface area contributed by atoms with E-state index in [1.165, 1.54) is 28.6 Å². The first-order valence-corrected chi connectivity index (χ1v) is 8.80. The van der Waals surface area contributed by atoms with E-state index >= 15 is 0 Å². The molecule has 4 nitrogen and oxygen atoms in total. The lowest BCUT2D eigenvalue weighted by atomic mass is 10.1. The van der Waals surface area contributed by atoms with Crippen molar-refractivity contribution in [2.24, 2.45) is 0 Å². The summed E-state index contributed by atoms with van der Waals surface area (Å²) in [5, 5.41) is 4.79. The summed E-state index contributed by atoms with van der Waals surface area (Å²) >= 11 is 1.73. The molecule has 0 radical (unpaired) electrons. The highest BCUT2D eigenvalue weighted by Crippen LogP contribution is 2.24. The highest BCUT2D eigenvalue weighted by atomic mass is 32.1. The number of nitrogens with one attached hydrogen (secondary N) is 1. The number of aryl methyl sites for hydroxylation is 1. The Morgan fingerprint density at radius 1 is 1.29 bits per heavy atom. The van der Waals surface area contributed by atoms with E-state index in [2.05, 4.69) is 16.8 Å². The van der Waals surface area contributed by atoms with E-state index in [0.717, 1.165) is 6.42 Å². The van der Waals surface area contributed by atoms with E-state index in [9.17, 15) is 14.0 Å². The zero-order valence-electron chi connectivity index (χ0n) is 13.5. The zero-order valence-corrected chi connectivity index (χ0v) is 14.3. The molecule has 0 spiro atoms. The van der Waals surface area contributed by atoms with E-state index < -0.39 is 0 Å². The Kier molecular flexibility index (Phi) is 4.94. The van der Waals surface area contributed by atoms with Gasteiger partial charge in [-0.3, -0.25) is 9.59 Å². The summed E-state index contributed by atoms with van der Waals surface area (Å²) in [6, 6.07) is 6.27.